The lowest BCUT2D eigenvalue weighted by atomic mass is 9.97. The Morgan fingerprint density at radius 3 is 2.77 bits per heavy atom. The molecule has 6 rings (SSSR count). The van der Waals surface area contributed by atoms with E-state index in [4.69, 9.17) is 14.8 Å². The van der Waals surface area contributed by atoms with E-state index in [0.29, 0.717) is 30.2 Å². The number of carbonyl (C=O) groups excluding carboxylic acids is 1. The lowest BCUT2D eigenvalue weighted by Crippen LogP contribution is -2.40. The topological polar surface area (TPSA) is 78.1 Å². The van der Waals surface area contributed by atoms with Gasteiger partial charge in [-0.15, -0.1) is 11.3 Å². The van der Waals surface area contributed by atoms with Gasteiger partial charge < -0.3 is 9.64 Å². The van der Waals surface area contributed by atoms with Crippen molar-refractivity contribution in [1.29, 1.82) is 0 Å². The van der Waals surface area contributed by atoms with Crippen LogP contribution >= 0.6 is 11.3 Å². The summed E-state index contributed by atoms with van der Waals surface area (Å²) in [5.74, 6) is -0.0375. The van der Waals surface area contributed by atoms with Crippen LogP contribution in [0.4, 0.5) is 4.39 Å². The van der Waals surface area contributed by atoms with E-state index < -0.39 is 0 Å². The van der Waals surface area contributed by atoms with Crippen molar-refractivity contribution >= 4 is 27.3 Å². The summed E-state index contributed by atoms with van der Waals surface area (Å²) in [4.78, 5) is 19.5. The van der Waals surface area contributed by atoms with Crippen LogP contribution in [0, 0.1) is 5.82 Å². The average molecular weight is 557 g/mol. The minimum absolute atomic E-state index is 0.110. The van der Waals surface area contributed by atoms with E-state index in [1.807, 2.05) is 56.2 Å². The van der Waals surface area contributed by atoms with Crippen molar-refractivity contribution in [3.63, 3.8) is 0 Å². The molecule has 1 aromatic carbocycles. The molecule has 40 heavy (non-hydrogen) atoms. The first-order chi connectivity index (χ1) is 19.2. The second-order valence-electron chi connectivity index (χ2n) is 10.1. The monoisotopic (exact) mass is 556 g/mol. The maximum atomic E-state index is 14.5. The Bertz CT molecular complexity index is 1770. The van der Waals surface area contributed by atoms with Crippen molar-refractivity contribution < 1.29 is 13.9 Å². The number of ether oxygens (including phenoxy) is 1. The molecule has 0 bridgehead atoms. The van der Waals surface area contributed by atoms with Gasteiger partial charge >= 0.3 is 0 Å². The number of hydrogen-bond donors (Lipinski definition) is 0. The molecule has 1 amide bonds. The Hall–Kier alpha value is -4.31. The molecule has 10 heteroatoms. The maximum Gasteiger partial charge on any atom is 0.246 e. The van der Waals surface area contributed by atoms with E-state index >= 15 is 0 Å². The van der Waals surface area contributed by atoms with Crippen molar-refractivity contribution in [3.8, 4) is 39.5 Å². The van der Waals surface area contributed by atoms with Gasteiger partial charge in [-0.1, -0.05) is 6.58 Å². The zero-order chi connectivity index (χ0) is 28.1. The number of fused-ring (bicyclic) bond motifs is 2. The van der Waals surface area contributed by atoms with Crippen LogP contribution in [0.5, 0.6) is 5.75 Å². The summed E-state index contributed by atoms with van der Waals surface area (Å²) in [6.45, 7) is 10.6. The average Bonchev–Trinajstić information content (AvgIpc) is 3.67. The number of pyridine rings is 1. The molecule has 0 saturated carbocycles. The maximum absolute atomic E-state index is 14.5. The fourth-order valence-electron chi connectivity index (χ4n) is 5.31. The predicted molar refractivity (Wildman–Crippen MR) is 155 cm³/mol. The molecule has 5 aromatic rings. The molecule has 1 unspecified atom stereocenters. The molecule has 0 saturated heterocycles. The van der Waals surface area contributed by atoms with Crippen LogP contribution in [0.1, 0.15) is 32.5 Å². The first-order valence-corrected chi connectivity index (χ1v) is 14.0. The summed E-state index contributed by atoms with van der Waals surface area (Å²) in [7, 11) is 1.87. The normalized spacial score (nSPS) is 15.1. The highest BCUT2D eigenvalue weighted by atomic mass is 32.1. The van der Waals surface area contributed by atoms with Crippen molar-refractivity contribution in [3.05, 3.63) is 72.3 Å². The molecule has 1 aliphatic rings. The quantitative estimate of drug-likeness (QED) is 0.231. The van der Waals surface area contributed by atoms with Crippen molar-refractivity contribution in [2.75, 3.05) is 6.54 Å². The zero-order valence-electron chi connectivity index (χ0n) is 22.8. The third-order valence-electron chi connectivity index (χ3n) is 7.12. The van der Waals surface area contributed by atoms with Gasteiger partial charge in [0.2, 0.25) is 5.91 Å². The van der Waals surface area contributed by atoms with Crippen molar-refractivity contribution in [2.24, 2.45) is 7.05 Å². The Morgan fingerprint density at radius 1 is 1.23 bits per heavy atom. The molecular weight excluding hydrogens is 527 g/mol. The van der Waals surface area contributed by atoms with E-state index in [1.165, 1.54) is 18.2 Å². The Kier molecular flexibility index (Phi) is 6.50. The highest BCUT2D eigenvalue weighted by molar-refractivity contribution is 7.18. The third-order valence-corrected chi connectivity index (χ3v) is 8.05. The lowest BCUT2D eigenvalue weighted by Gasteiger charge is -2.33. The van der Waals surface area contributed by atoms with Gasteiger partial charge in [0.1, 0.15) is 23.0 Å². The molecular formula is C30H29FN6O2S. The smallest absolute Gasteiger partial charge is 0.246 e. The van der Waals surface area contributed by atoms with Crippen molar-refractivity contribution in [2.45, 2.75) is 39.5 Å². The SMILES string of the molecule is C=CC(=O)N1CCn2nc(-c3nc(-c4cnn(C)c4)c4ccsc4c3-c3ccc(F)cc3OC(C)C)cc2C1C. The molecule has 0 N–H and O–H groups in total. The van der Waals surface area contributed by atoms with Gasteiger partial charge in [-0.2, -0.15) is 10.2 Å². The number of nitrogens with zero attached hydrogens (tertiary/aromatic N) is 6. The van der Waals surface area contributed by atoms with Gasteiger partial charge in [-0.3, -0.25) is 14.2 Å². The molecule has 0 spiro atoms. The van der Waals surface area contributed by atoms with E-state index in [1.54, 1.807) is 33.2 Å². The van der Waals surface area contributed by atoms with Crippen LogP contribution in [0.15, 0.2) is 60.8 Å². The number of rotatable bonds is 6. The highest BCUT2D eigenvalue weighted by Gasteiger charge is 2.30. The summed E-state index contributed by atoms with van der Waals surface area (Å²) >= 11 is 1.59. The van der Waals surface area contributed by atoms with Gasteiger partial charge in [0.25, 0.3) is 0 Å². The molecule has 1 aliphatic heterocycles. The summed E-state index contributed by atoms with van der Waals surface area (Å²) in [6, 6.07) is 8.48. The number of aryl methyl sites for hydroxylation is 1. The first-order valence-electron chi connectivity index (χ1n) is 13.1. The number of benzene rings is 1. The largest absolute Gasteiger partial charge is 0.490 e. The van der Waals surface area contributed by atoms with Crippen LogP contribution in [-0.2, 0) is 18.4 Å². The van der Waals surface area contributed by atoms with E-state index in [-0.39, 0.29) is 23.9 Å². The molecule has 0 fully saturated rings. The van der Waals surface area contributed by atoms with E-state index in [9.17, 15) is 9.18 Å². The number of amides is 1. The van der Waals surface area contributed by atoms with Crippen LogP contribution in [-0.4, -0.2) is 48.0 Å². The zero-order valence-corrected chi connectivity index (χ0v) is 23.6. The summed E-state index contributed by atoms with van der Waals surface area (Å²) in [5.41, 5.74) is 5.49. The summed E-state index contributed by atoms with van der Waals surface area (Å²) < 4.78 is 25.2. The number of aromatic nitrogens is 5. The second-order valence-corrected chi connectivity index (χ2v) is 11.1. The Balaban J connectivity index is 1.63. The number of thiophene rings is 1. The van der Waals surface area contributed by atoms with Crippen LogP contribution < -0.4 is 4.74 Å². The predicted octanol–water partition coefficient (Wildman–Crippen LogP) is 6.24. The van der Waals surface area contributed by atoms with Gasteiger partial charge in [0.05, 0.1) is 36.3 Å². The van der Waals surface area contributed by atoms with Gasteiger partial charge in [0.15, 0.2) is 0 Å². The lowest BCUT2D eigenvalue weighted by molar-refractivity contribution is -0.129. The molecule has 4 aromatic heterocycles. The van der Waals surface area contributed by atoms with Gasteiger partial charge in [-0.25, -0.2) is 9.37 Å². The molecule has 204 valence electrons. The van der Waals surface area contributed by atoms with Gasteiger partial charge in [-0.05, 0) is 56.5 Å². The number of carbonyl (C=O) groups is 1. The highest BCUT2D eigenvalue weighted by Crippen LogP contribution is 2.46. The van der Waals surface area contributed by atoms with Crippen LogP contribution in [0.2, 0.25) is 0 Å². The molecule has 0 aliphatic carbocycles. The number of halogens is 1. The first kappa shape index (κ1) is 25.9. The van der Waals surface area contributed by atoms with E-state index in [2.05, 4.69) is 11.7 Å². The molecule has 8 nitrogen and oxygen atoms in total. The Morgan fingerprint density at radius 2 is 2.05 bits per heavy atom. The fourth-order valence-corrected chi connectivity index (χ4v) is 6.27. The Labute approximate surface area is 235 Å². The molecule has 1 atom stereocenters. The van der Waals surface area contributed by atoms with Gasteiger partial charge in [0, 0.05) is 52.6 Å². The van der Waals surface area contributed by atoms with Crippen LogP contribution in [0.3, 0.4) is 0 Å². The van der Waals surface area contributed by atoms with Crippen molar-refractivity contribution in [1.82, 2.24) is 29.4 Å². The minimum Gasteiger partial charge on any atom is -0.490 e. The number of hydrogen-bond acceptors (Lipinski definition) is 6. The third kappa shape index (κ3) is 4.38. The van der Waals surface area contributed by atoms with Crippen LogP contribution in [0.25, 0.3) is 43.9 Å². The fraction of sp³-hybridized carbons (Fsp3) is 0.267. The molecule has 5 heterocycles. The summed E-state index contributed by atoms with van der Waals surface area (Å²) in [6.07, 6.45) is 4.93. The molecule has 0 radical (unpaired) electrons. The second kappa shape index (κ2) is 10.0. The van der Waals surface area contributed by atoms with E-state index in [0.717, 1.165) is 38.2 Å². The summed E-state index contributed by atoms with van der Waals surface area (Å²) in [5, 5.41) is 12.4. The standard InChI is InChI=1S/C30H29FN6O2S/c1-6-26(38)36-10-11-37-24(18(36)4)14-23(34-37)29-27(21-8-7-20(31)13-25(21)39-17(2)3)30-22(9-12-40-30)28(33-29)19-15-32-35(5)16-19/h6-9,12-18H,1,10-11H2,2-5H3. The minimum atomic E-state index is -0.374.